The summed E-state index contributed by atoms with van der Waals surface area (Å²) in [7, 11) is 1.27. The zero-order valence-electron chi connectivity index (χ0n) is 18.2. The van der Waals surface area contributed by atoms with Gasteiger partial charge in [0.05, 0.1) is 47.5 Å². The van der Waals surface area contributed by atoms with Crippen LogP contribution in [0.3, 0.4) is 0 Å². The highest BCUT2D eigenvalue weighted by atomic mass is 32.2. The Morgan fingerprint density at radius 1 is 1.33 bits per heavy atom. The van der Waals surface area contributed by atoms with E-state index >= 15 is 0 Å². The second kappa shape index (κ2) is 10.0. The van der Waals surface area contributed by atoms with Crippen molar-refractivity contribution in [1.82, 2.24) is 10.4 Å². The summed E-state index contributed by atoms with van der Waals surface area (Å²) < 4.78 is 10.1. The smallest absolute Gasteiger partial charge is 0.336 e. The molecule has 0 aliphatic carbocycles. The topological polar surface area (TPSA) is 148 Å². The molecule has 0 bridgehead atoms. The number of carbonyl (C=O) groups excluding carboxylic acids is 3. The van der Waals surface area contributed by atoms with Crippen LogP contribution in [-0.2, 0) is 23.9 Å². The maximum Gasteiger partial charge on any atom is 0.336 e. The van der Waals surface area contributed by atoms with Crippen LogP contribution in [0.5, 0.6) is 0 Å². The number of nitro benzene ring substituents is 1. The van der Waals surface area contributed by atoms with E-state index in [1.807, 2.05) is 0 Å². The number of hydrogen-bond donors (Lipinski definition) is 2. The first-order valence-electron chi connectivity index (χ1n) is 10.0. The minimum Gasteiger partial charge on any atom is -0.469 e. The Morgan fingerprint density at radius 3 is 2.67 bits per heavy atom. The van der Waals surface area contributed by atoms with Crippen molar-refractivity contribution in [3.63, 3.8) is 0 Å². The van der Waals surface area contributed by atoms with Gasteiger partial charge in [0.1, 0.15) is 0 Å². The number of esters is 2. The number of nitrogens with zero attached hydrogens (tertiary/aromatic N) is 2. The molecule has 176 valence electrons. The summed E-state index contributed by atoms with van der Waals surface area (Å²) in [5.41, 5.74) is 2.80. The zero-order valence-corrected chi connectivity index (χ0v) is 19.0. The van der Waals surface area contributed by atoms with Gasteiger partial charge in [-0.15, -0.1) is 11.8 Å². The van der Waals surface area contributed by atoms with Crippen LogP contribution in [0.1, 0.15) is 31.7 Å². The van der Waals surface area contributed by atoms with Crippen LogP contribution in [0.25, 0.3) is 0 Å². The van der Waals surface area contributed by atoms with Gasteiger partial charge in [-0.1, -0.05) is 12.1 Å². The van der Waals surface area contributed by atoms with Gasteiger partial charge in [0.15, 0.2) is 0 Å². The number of nitro groups is 1. The minimum atomic E-state index is -1.03. The Hall–Kier alpha value is -3.38. The monoisotopic (exact) mass is 477 g/mol. The van der Waals surface area contributed by atoms with Gasteiger partial charge in [-0.3, -0.25) is 24.9 Å². The molecule has 0 spiro atoms. The van der Waals surface area contributed by atoms with Crippen LogP contribution >= 0.6 is 11.8 Å². The van der Waals surface area contributed by atoms with Gasteiger partial charge in [-0.25, -0.2) is 10.3 Å². The largest absolute Gasteiger partial charge is 0.469 e. The Balaban J connectivity index is 2.26. The molecule has 0 radical (unpaired) electrons. The molecule has 3 rings (SSSR count). The molecule has 1 aromatic rings. The number of rotatable bonds is 7. The van der Waals surface area contributed by atoms with Gasteiger partial charge >= 0.3 is 11.9 Å². The van der Waals surface area contributed by atoms with Gasteiger partial charge in [0.25, 0.3) is 11.6 Å². The van der Waals surface area contributed by atoms with Crippen LogP contribution in [0.4, 0.5) is 5.69 Å². The van der Waals surface area contributed by atoms with Gasteiger partial charge in [-0.2, -0.15) is 0 Å². The lowest BCUT2D eigenvalue weighted by Crippen LogP contribution is -2.39. The molecule has 1 fully saturated rings. The standard InChI is InChI=1S/C21H23N3O8S/c1-4-32-21(27)19-14-10-33-15(9-16(25)31-3)23(14)11(2)17(20(26)22-28)18(19)12-6-5-7-13(8-12)24(29)30/h5-8,15,18,28H,4,9-10H2,1-3H3,(H,22,26). The van der Waals surface area contributed by atoms with Gasteiger partial charge in [0.2, 0.25) is 0 Å². The predicted octanol–water partition coefficient (Wildman–Crippen LogP) is 2.23. The number of non-ortho nitro benzene ring substituents is 1. The third kappa shape index (κ3) is 4.57. The van der Waals surface area contributed by atoms with Gasteiger partial charge in [0, 0.05) is 29.3 Å². The summed E-state index contributed by atoms with van der Waals surface area (Å²) in [6.07, 6.45) is -0.00634. The first-order valence-corrected chi connectivity index (χ1v) is 11.1. The quantitative estimate of drug-likeness (QED) is 0.259. The molecule has 11 nitrogen and oxygen atoms in total. The van der Waals surface area contributed by atoms with Crippen molar-refractivity contribution in [3.8, 4) is 0 Å². The van der Waals surface area contributed by atoms with Crippen molar-refractivity contribution >= 4 is 35.3 Å². The predicted molar refractivity (Wildman–Crippen MR) is 117 cm³/mol. The number of hydrogen-bond acceptors (Lipinski definition) is 10. The SMILES string of the molecule is CCOC(=O)C1=C2CSC(CC(=O)OC)N2C(C)=C(C(=O)NO)C1c1cccc([N+](=O)[O-])c1. The molecule has 1 aromatic carbocycles. The summed E-state index contributed by atoms with van der Waals surface area (Å²) in [4.78, 5) is 50.4. The fourth-order valence-electron chi connectivity index (χ4n) is 4.10. The highest BCUT2D eigenvalue weighted by Crippen LogP contribution is 2.49. The Kier molecular flexibility index (Phi) is 7.39. The number of amides is 1. The number of fused-ring (bicyclic) bond motifs is 1. The number of hydroxylamine groups is 1. The lowest BCUT2D eigenvalue weighted by atomic mass is 9.79. The summed E-state index contributed by atoms with van der Waals surface area (Å²) in [6.45, 7) is 3.34. The Bertz CT molecular complexity index is 1070. The molecule has 12 heteroatoms. The molecular formula is C21H23N3O8S. The fraction of sp³-hybridized carbons (Fsp3) is 0.381. The van der Waals surface area contributed by atoms with Crippen molar-refractivity contribution in [2.45, 2.75) is 31.6 Å². The van der Waals surface area contributed by atoms with E-state index in [1.165, 1.54) is 37.1 Å². The number of allylic oxidation sites excluding steroid dienone is 1. The van der Waals surface area contributed by atoms with E-state index in [9.17, 15) is 29.7 Å². The van der Waals surface area contributed by atoms with E-state index in [1.54, 1.807) is 30.3 Å². The Labute approximate surface area is 193 Å². The molecule has 2 aliphatic rings. The van der Waals surface area contributed by atoms with Crippen molar-refractivity contribution < 1.29 is 34.0 Å². The normalized spacial score (nSPS) is 19.8. The molecule has 2 unspecified atom stereocenters. The number of methoxy groups -OCH3 is 1. The van der Waals surface area contributed by atoms with Crippen LogP contribution in [0, 0.1) is 10.1 Å². The fourth-order valence-corrected chi connectivity index (χ4v) is 5.43. The maximum absolute atomic E-state index is 13.1. The number of thioether (sulfide) groups is 1. The number of carbonyl (C=O) groups is 3. The summed E-state index contributed by atoms with van der Waals surface area (Å²) in [5, 5.41) is 20.4. The molecule has 33 heavy (non-hydrogen) atoms. The summed E-state index contributed by atoms with van der Waals surface area (Å²) in [6, 6.07) is 5.61. The first kappa shape index (κ1) is 24.3. The van der Waals surface area contributed by atoms with E-state index in [0.717, 1.165) is 0 Å². The number of ether oxygens (including phenoxy) is 2. The second-order valence-corrected chi connectivity index (χ2v) is 8.39. The van der Waals surface area contributed by atoms with E-state index in [0.29, 0.717) is 22.7 Å². The highest BCUT2D eigenvalue weighted by molar-refractivity contribution is 8.00. The maximum atomic E-state index is 13.1. The molecule has 2 N–H and O–H groups in total. The summed E-state index contributed by atoms with van der Waals surface area (Å²) >= 11 is 1.38. The van der Waals surface area contributed by atoms with Crippen LogP contribution in [0.2, 0.25) is 0 Å². The molecule has 1 saturated heterocycles. The Morgan fingerprint density at radius 2 is 2.06 bits per heavy atom. The lowest BCUT2D eigenvalue weighted by molar-refractivity contribution is -0.384. The van der Waals surface area contributed by atoms with Crippen molar-refractivity contribution in [3.05, 3.63) is 62.5 Å². The van der Waals surface area contributed by atoms with Gasteiger partial charge < -0.3 is 14.4 Å². The van der Waals surface area contributed by atoms with E-state index < -0.39 is 34.1 Å². The molecule has 1 amide bonds. The van der Waals surface area contributed by atoms with Crippen molar-refractivity contribution in [2.75, 3.05) is 19.5 Å². The zero-order chi connectivity index (χ0) is 24.3. The van der Waals surface area contributed by atoms with Crippen molar-refractivity contribution in [2.24, 2.45) is 0 Å². The number of benzene rings is 1. The van der Waals surface area contributed by atoms with E-state index in [-0.39, 0.29) is 29.9 Å². The minimum absolute atomic E-state index is 0.00634. The second-order valence-electron chi connectivity index (χ2n) is 7.22. The molecule has 0 saturated carbocycles. The van der Waals surface area contributed by atoms with E-state index in [4.69, 9.17) is 9.47 Å². The highest BCUT2D eigenvalue weighted by Gasteiger charge is 2.46. The molecule has 2 heterocycles. The average molecular weight is 477 g/mol. The van der Waals surface area contributed by atoms with Crippen LogP contribution < -0.4 is 5.48 Å². The number of nitrogens with one attached hydrogen (secondary N) is 1. The molecule has 2 atom stereocenters. The molecule has 2 aliphatic heterocycles. The average Bonchev–Trinajstić information content (AvgIpc) is 3.21. The third-order valence-electron chi connectivity index (χ3n) is 5.46. The molecular weight excluding hydrogens is 454 g/mol. The summed E-state index contributed by atoms with van der Waals surface area (Å²) in [5.74, 6) is -2.72. The van der Waals surface area contributed by atoms with E-state index in [2.05, 4.69) is 0 Å². The molecule has 0 aromatic heterocycles. The van der Waals surface area contributed by atoms with Crippen LogP contribution in [-0.4, -0.2) is 57.7 Å². The van der Waals surface area contributed by atoms with Crippen LogP contribution in [0.15, 0.2) is 46.8 Å². The van der Waals surface area contributed by atoms with Gasteiger partial charge in [-0.05, 0) is 19.4 Å². The first-order chi connectivity index (χ1) is 15.7. The lowest BCUT2D eigenvalue weighted by Gasteiger charge is -2.37. The van der Waals surface area contributed by atoms with Crippen molar-refractivity contribution in [1.29, 1.82) is 0 Å². The third-order valence-corrected chi connectivity index (χ3v) is 6.66.